The quantitative estimate of drug-likeness (QED) is 0.168. The second-order valence-electron chi connectivity index (χ2n) is 9.82. The van der Waals surface area contributed by atoms with Crippen LogP contribution < -0.4 is 0 Å². The molecule has 0 bridgehead atoms. The Hall–Kier alpha value is -3.70. The molecule has 0 aliphatic heterocycles. The molecule has 0 saturated heterocycles. The molecule has 1 radical (unpaired) electrons. The van der Waals surface area contributed by atoms with Crippen LogP contribution in [0.25, 0.3) is 54.7 Å². The van der Waals surface area contributed by atoms with E-state index in [2.05, 4.69) is 72.1 Å². The van der Waals surface area contributed by atoms with E-state index in [9.17, 15) is 0 Å². The van der Waals surface area contributed by atoms with Crippen LogP contribution in [0.3, 0.4) is 0 Å². The SMILES string of the molecule is Cc1c[c-]c(-c2ccc(C)cn2)cc1.Cc1ccc2c(n1)oc1c(-c3nccc4c(C)c(C)sc34)[c-]ccc12.[Ir]. The monoisotopic (exact) mass is 718 g/mol. The van der Waals surface area contributed by atoms with Gasteiger partial charge in [0.1, 0.15) is 0 Å². The largest absolute Gasteiger partial charge is 0.486 e. The molecule has 0 spiro atoms. The van der Waals surface area contributed by atoms with E-state index < -0.39 is 0 Å². The van der Waals surface area contributed by atoms with E-state index in [1.165, 1.54) is 31.7 Å². The summed E-state index contributed by atoms with van der Waals surface area (Å²) in [6.45, 7) is 10.4. The molecule has 5 heterocycles. The van der Waals surface area contributed by atoms with Crippen LogP contribution in [0.1, 0.15) is 27.3 Å². The Morgan fingerprint density at radius 2 is 1.60 bits per heavy atom. The maximum Gasteiger partial charge on any atom is 0.216 e. The molecule has 5 aromatic heterocycles. The second-order valence-corrected chi connectivity index (χ2v) is 11.0. The molecule has 0 atom stereocenters. The van der Waals surface area contributed by atoms with Gasteiger partial charge in [0.15, 0.2) is 0 Å². The van der Waals surface area contributed by atoms with E-state index in [1.54, 1.807) is 11.3 Å². The van der Waals surface area contributed by atoms with Crippen molar-refractivity contribution in [1.82, 2.24) is 15.0 Å². The summed E-state index contributed by atoms with van der Waals surface area (Å²) in [7, 11) is 0. The van der Waals surface area contributed by atoms with Crippen LogP contribution in [-0.2, 0) is 20.1 Å². The summed E-state index contributed by atoms with van der Waals surface area (Å²) in [5, 5.41) is 3.34. The van der Waals surface area contributed by atoms with Gasteiger partial charge >= 0.3 is 0 Å². The van der Waals surface area contributed by atoms with Gasteiger partial charge in [-0.15, -0.1) is 64.9 Å². The van der Waals surface area contributed by atoms with Gasteiger partial charge in [-0.25, -0.2) is 4.98 Å². The predicted octanol–water partition coefficient (Wildman–Crippen LogP) is 9.15. The predicted molar refractivity (Wildman–Crippen MR) is 161 cm³/mol. The van der Waals surface area contributed by atoms with E-state index in [4.69, 9.17) is 4.42 Å². The zero-order valence-corrected chi connectivity index (χ0v) is 26.1. The van der Waals surface area contributed by atoms with Crippen LogP contribution in [-0.4, -0.2) is 15.0 Å². The number of rotatable bonds is 2. The molecule has 0 aliphatic carbocycles. The number of aromatic nitrogens is 3. The van der Waals surface area contributed by atoms with Crippen molar-refractivity contribution in [3.05, 3.63) is 112 Å². The van der Waals surface area contributed by atoms with E-state index in [-0.39, 0.29) is 20.1 Å². The minimum atomic E-state index is 0. The van der Waals surface area contributed by atoms with E-state index in [0.717, 1.165) is 44.6 Å². The maximum absolute atomic E-state index is 6.13. The molecule has 0 aliphatic rings. The molecule has 201 valence electrons. The number of benzene rings is 2. The van der Waals surface area contributed by atoms with Crippen molar-refractivity contribution in [3.63, 3.8) is 0 Å². The second kappa shape index (κ2) is 11.4. The van der Waals surface area contributed by atoms with E-state index in [1.807, 2.05) is 62.6 Å². The first kappa shape index (κ1) is 27.9. The van der Waals surface area contributed by atoms with Crippen molar-refractivity contribution in [2.75, 3.05) is 0 Å². The number of thiophene rings is 1. The normalized spacial score (nSPS) is 10.9. The fourth-order valence-electron chi connectivity index (χ4n) is 4.62. The Labute approximate surface area is 251 Å². The Morgan fingerprint density at radius 1 is 0.775 bits per heavy atom. The van der Waals surface area contributed by atoms with Crippen molar-refractivity contribution < 1.29 is 24.5 Å². The zero-order chi connectivity index (χ0) is 27.1. The van der Waals surface area contributed by atoms with Crippen LogP contribution in [0.15, 0.2) is 77.5 Å². The van der Waals surface area contributed by atoms with E-state index >= 15 is 0 Å². The van der Waals surface area contributed by atoms with Gasteiger partial charge < -0.3 is 14.4 Å². The van der Waals surface area contributed by atoms with Gasteiger partial charge in [0.2, 0.25) is 5.71 Å². The molecule has 0 N–H and O–H groups in total. The molecule has 4 nitrogen and oxygen atoms in total. The summed E-state index contributed by atoms with van der Waals surface area (Å²) in [5.74, 6) is 0. The molecule has 7 aromatic rings. The van der Waals surface area contributed by atoms with Crippen molar-refractivity contribution in [2.45, 2.75) is 34.6 Å². The molecule has 0 saturated carbocycles. The van der Waals surface area contributed by atoms with Crippen LogP contribution in [0.4, 0.5) is 0 Å². The minimum absolute atomic E-state index is 0. The number of hydrogen-bond donors (Lipinski definition) is 0. The average molecular weight is 718 g/mol. The Bertz CT molecular complexity index is 1910. The average Bonchev–Trinajstić information content (AvgIpc) is 3.46. The van der Waals surface area contributed by atoms with Crippen molar-refractivity contribution in [3.8, 4) is 22.5 Å². The summed E-state index contributed by atoms with van der Waals surface area (Å²) in [5.41, 5.74) is 10.0. The third-order valence-corrected chi connectivity index (χ3v) is 8.15. The first-order valence-corrected chi connectivity index (χ1v) is 13.7. The molecular weight excluding hydrogens is 691 g/mol. The minimum Gasteiger partial charge on any atom is -0.486 e. The van der Waals surface area contributed by atoms with Crippen LogP contribution in [0.2, 0.25) is 0 Å². The number of furan rings is 1. The molecule has 6 heteroatoms. The number of fused-ring (bicyclic) bond motifs is 4. The maximum atomic E-state index is 6.13. The third kappa shape index (κ3) is 5.23. The fraction of sp³-hybridized carbons (Fsp3) is 0.147. The molecule has 0 unspecified atom stereocenters. The smallest absolute Gasteiger partial charge is 0.216 e. The van der Waals surface area contributed by atoms with Gasteiger partial charge in [-0.3, -0.25) is 0 Å². The topological polar surface area (TPSA) is 51.8 Å². The van der Waals surface area contributed by atoms with E-state index in [0.29, 0.717) is 5.71 Å². The number of nitrogens with zero attached hydrogens (tertiary/aromatic N) is 3. The molecule has 40 heavy (non-hydrogen) atoms. The van der Waals surface area contributed by atoms with Crippen LogP contribution in [0.5, 0.6) is 0 Å². The summed E-state index contributed by atoms with van der Waals surface area (Å²) in [6.07, 6.45) is 3.75. The third-order valence-electron chi connectivity index (χ3n) is 6.92. The molecule has 2 aromatic carbocycles. The number of pyridine rings is 3. The van der Waals surface area contributed by atoms with Gasteiger partial charge in [0.25, 0.3) is 0 Å². The van der Waals surface area contributed by atoms with Gasteiger partial charge in [0.05, 0.1) is 5.58 Å². The van der Waals surface area contributed by atoms with Crippen molar-refractivity contribution in [2.24, 2.45) is 0 Å². The molecule has 0 fully saturated rings. The Balaban J connectivity index is 0.000000184. The molecule has 0 amide bonds. The van der Waals surface area contributed by atoms with Crippen molar-refractivity contribution >= 4 is 43.5 Å². The summed E-state index contributed by atoms with van der Waals surface area (Å²) in [6, 6.07) is 26.9. The van der Waals surface area contributed by atoms with Crippen LogP contribution >= 0.6 is 11.3 Å². The van der Waals surface area contributed by atoms with Gasteiger partial charge in [-0.2, -0.15) is 0 Å². The molecule has 7 rings (SSSR count). The first-order chi connectivity index (χ1) is 18.9. The summed E-state index contributed by atoms with van der Waals surface area (Å²) in [4.78, 5) is 14.9. The Morgan fingerprint density at radius 3 is 2.35 bits per heavy atom. The van der Waals surface area contributed by atoms with Crippen LogP contribution in [0, 0.1) is 46.8 Å². The first-order valence-electron chi connectivity index (χ1n) is 12.9. The van der Waals surface area contributed by atoms with Crippen molar-refractivity contribution in [1.29, 1.82) is 0 Å². The number of aryl methyl sites for hydroxylation is 5. The standard InChI is InChI=1S/C21H15N2OS.C13H12N.Ir/c1-11-7-8-16-15-5-4-6-17(19(15)24-21(16)23-11)18-20-14(9-10-22-18)12(2)13(3)25-20;1-10-3-6-12(7-4-10)13-8-5-11(2)9-14-13;/h4-5,7-10H,1-3H3;3-6,8-9H,1-2H3;/q2*-1;. The van der Waals surface area contributed by atoms with Gasteiger partial charge in [-0.05, 0) is 68.1 Å². The number of hydrogen-bond acceptors (Lipinski definition) is 5. The summed E-state index contributed by atoms with van der Waals surface area (Å²) < 4.78 is 7.31. The molecular formula is C34H27IrN3OS-2. The Kier molecular flexibility index (Phi) is 7.95. The summed E-state index contributed by atoms with van der Waals surface area (Å²) >= 11 is 1.78. The zero-order valence-electron chi connectivity index (χ0n) is 22.9. The van der Waals surface area contributed by atoms with Gasteiger partial charge in [-0.1, -0.05) is 30.0 Å². The van der Waals surface area contributed by atoms with Gasteiger partial charge in [0, 0.05) is 58.9 Å². The fourth-order valence-corrected chi connectivity index (χ4v) is 5.78.